The fourth-order valence-corrected chi connectivity index (χ4v) is 3.34. The van der Waals surface area contributed by atoms with Crippen molar-refractivity contribution in [1.29, 1.82) is 0 Å². The zero-order valence-corrected chi connectivity index (χ0v) is 13.8. The molecule has 124 valence electrons. The standard InChI is InChI=1S/C18H17O5P/c19-18(23-11-13-4-2-1-3-5-13)17-9-15-7-6-14(8-16(15)10-17)12-24(20,21)22/h1-8,10H,9,11-12H2,(H2,20,21,22). The van der Waals surface area contributed by atoms with E-state index >= 15 is 0 Å². The van der Waals surface area contributed by atoms with Gasteiger partial charge >= 0.3 is 13.6 Å². The Morgan fingerprint density at radius 3 is 2.54 bits per heavy atom. The molecule has 0 heterocycles. The fourth-order valence-electron chi connectivity index (χ4n) is 2.67. The first-order valence-corrected chi connectivity index (χ1v) is 9.28. The van der Waals surface area contributed by atoms with Gasteiger partial charge in [-0.1, -0.05) is 48.5 Å². The molecular weight excluding hydrogens is 327 g/mol. The van der Waals surface area contributed by atoms with Crippen molar-refractivity contribution >= 4 is 19.6 Å². The third-order valence-electron chi connectivity index (χ3n) is 3.78. The lowest BCUT2D eigenvalue weighted by molar-refractivity contribution is -0.140. The van der Waals surface area contributed by atoms with Gasteiger partial charge in [-0.15, -0.1) is 0 Å². The van der Waals surface area contributed by atoms with E-state index in [1.807, 2.05) is 30.3 Å². The molecule has 0 saturated carbocycles. The monoisotopic (exact) mass is 344 g/mol. The Morgan fingerprint density at radius 2 is 1.83 bits per heavy atom. The average molecular weight is 344 g/mol. The molecule has 2 aromatic rings. The van der Waals surface area contributed by atoms with Crippen LogP contribution in [-0.4, -0.2) is 15.8 Å². The van der Waals surface area contributed by atoms with Crippen LogP contribution in [0.25, 0.3) is 6.08 Å². The molecule has 6 heteroatoms. The molecule has 0 radical (unpaired) electrons. The summed E-state index contributed by atoms with van der Waals surface area (Å²) in [5, 5.41) is 0. The Kier molecular flexibility index (Phi) is 4.67. The van der Waals surface area contributed by atoms with Gasteiger partial charge in [0.25, 0.3) is 0 Å². The molecule has 24 heavy (non-hydrogen) atoms. The molecule has 0 fully saturated rings. The number of rotatable bonds is 5. The number of carbonyl (C=O) groups is 1. The maximum Gasteiger partial charge on any atom is 0.334 e. The van der Waals surface area contributed by atoms with Crippen molar-refractivity contribution in [3.8, 4) is 0 Å². The van der Waals surface area contributed by atoms with Crippen molar-refractivity contribution in [1.82, 2.24) is 0 Å². The summed E-state index contributed by atoms with van der Waals surface area (Å²) in [4.78, 5) is 30.3. The van der Waals surface area contributed by atoms with Crippen LogP contribution >= 0.6 is 7.60 Å². The summed E-state index contributed by atoms with van der Waals surface area (Å²) in [6, 6.07) is 14.6. The summed E-state index contributed by atoms with van der Waals surface area (Å²) < 4.78 is 16.4. The summed E-state index contributed by atoms with van der Waals surface area (Å²) in [5.41, 5.74) is 3.79. The van der Waals surface area contributed by atoms with E-state index in [1.165, 1.54) is 0 Å². The predicted molar refractivity (Wildman–Crippen MR) is 90.1 cm³/mol. The third kappa shape index (κ3) is 4.20. The molecule has 5 nitrogen and oxygen atoms in total. The van der Waals surface area contributed by atoms with Gasteiger partial charge in [-0.2, -0.15) is 0 Å². The van der Waals surface area contributed by atoms with Crippen LogP contribution in [-0.2, 0) is 33.3 Å². The van der Waals surface area contributed by atoms with Crippen LogP contribution in [0.2, 0.25) is 0 Å². The second-order valence-corrected chi connectivity index (χ2v) is 7.41. The SMILES string of the molecule is O=C(OCc1ccccc1)C1=Cc2cc(CP(=O)(O)O)ccc2C1. The summed E-state index contributed by atoms with van der Waals surface area (Å²) >= 11 is 0. The molecule has 0 aliphatic heterocycles. The molecule has 1 aliphatic carbocycles. The van der Waals surface area contributed by atoms with E-state index in [9.17, 15) is 9.36 Å². The maximum absolute atomic E-state index is 12.2. The Labute approximate surface area is 139 Å². The van der Waals surface area contributed by atoms with Crippen molar-refractivity contribution in [3.63, 3.8) is 0 Å². The van der Waals surface area contributed by atoms with E-state index in [0.29, 0.717) is 17.6 Å². The molecular formula is C18H17O5P. The number of ether oxygens (including phenoxy) is 1. The summed E-state index contributed by atoms with van der Waals surface area (Å²) in [6.45, 7) is 0.219. The first-order chi connectivity index (χ1) is 11.4. The van der Waals surface area contributed by atoms with Crippen molar-refractivity contribution in [2.24, 2.45) is 0 Å². The second-order valence-electron chi connectivity index (χ2n) is 5.76. The highest BCUT2D eigenvalue weighted by Crippen LogP contribution is 2.40. The summed E-state index contributed by atoms with van der Waals surface area (Å²) in [7, 11) is -4.10. The van der Waals surface area contributed by atoms with Gasteiger partial charge in [0.15, 0.2) is 0 Å². The lowest BCUT2D eigenvalue weighted by Crippen LogP contribution is -2.07. The van der Waals surface area contributed by atoms with Gasteiger partial charge in [0.05, 0.1) is 6.16 Å². The van der Waals surface area contributed by atoms with Crippen LogP contribution in [0.4, 0.5) is 0 Å². The lowest BCUT2D eigenvalue weighted by atomic mass is 10.1. The lowest BCUT2D eigenvalue weighted by Gasteiger charge is -2.06. The van der Waals surface area contributed by atoms with Crippen molar-refractivity contribution in [2.45, 2.75) is 19.2 Å². The highest BCUT2D eigenvalue weighted by atomic mass is 31.2. The molecule has 0 spiro atoms. The fraction of sp³-hybridized carbons (Fsp3) is 0.167. The Morgan fingerprint density at radius 1 is 1.08 bits per heavy atom. The number of hydrogen-bond donors (Lipinski definition) is 2. The van der Waals surface area contributed by atoms with E-state index in [0.717, 1.165) is 16.7 Å². The molecule has 0 atom stereocenters. The summed E-state index contributed by atoms with van der Waals surface area (Å²) in [6.07, 6.45) is 1.90. The van der Waals surface area contributed by atoms with Crippen LogP contribution < -0.4 is 0 Å². The third-order valence-corrected chi connectivity index (χ3v) is 4.56. The molecule has 2 N–H and O–H groups in total. The number of benzene rings is 2. The zero-order valence-electron chi connectivity index (χ0n) is 12.9. The van der Waals surface area contributed by atoms with E-state index in [1.54, 1.807) is 24.3 Å². The molecule has 0 amide bonds. The molecule has 3 rings (SSSR count). The largest absolute Gasteiger partial charge is 0.457 e. The molecule has 2 aromatic carbocycles. The van der Waals surface area contributed by atoms with Gasteiger partial charge in [0, 0.05) is 12.0 Å². The van der Waals surface area contributed by atoms with Gasteiger partial charge in [-0.3, -0.25) is 4.57 Å². The number of fused-ring (bicyclic) bond motifs is 1. The Balaban J connectivity index is 1.67. The predicted octanol–water partition coefficient (Wildman–Crippen LogP) is 3.05. The zero-order chi connectivity index (χ0) is 17.2. The molecule has 0 aromatic heterocycles. The average Bonchev–Trinajstić information content (AvgIpc) is 2.95. The molecule has 1 aliphatic rings. The minimum Gasteiger partial charge on any atom is -0.457 e. The van der Waals surface area contributed by atoms with Crippen LogP contribution in [0.3, 0.4) is 0 Å². The number of hydrogen-bond acceptors (Lipinski definition) is 3. The molecule has 0 bridgehead atoms. The minimum absolute atomic E-state index is 0.219. The normalized spacial score (nSPS) is 13.3. The first kappa shape index (κ1) is 16.7. The molecule has 0 saturated heterocycles. The first-order valence-electron chi connectivity index (χ1n) is 7.49. The van der Waals surface area contributed by atoms with Crippen molar-refractivity contribution < 1.29 is 23.9 Å². The van der Waals surface area contributed by atoms with Crippen LogP contribution in [0.1, 0.15) is 22.3 Å². The van der Waals surface area contributed by atoms with E-state index in [2.05, 4.69) is 0 Å². The van der Waals surface area contributed by atoms with Crippen LogP contribution in [0, 0.1) is 0 Å². The molecule has 0 unspecified atom stereocenters. The maximum atomic E-state index is 12.2. The van der Waals surface area contributed by atoms with Gasteiger partial charge in [0.2, 0.25) is 0 Å². The van der Waals surface area contributed by atoms with Gasteiger partial charge in [-0.25, -0.2) is 4.79 Å². The van der Waals surface area contributed by atoms with E-state index < -0.39 is 7.60 Å². The van der Waals surface area contributed by atoms with Gasteiger partial charge < -0.3 is 14.5 Å². The number of esters is 1. The van der Waals surface area contributed by atoms with Crippen LogP contribution in [0.15, 0.2) is 54.1 Å². The smallest absolute Gasteiger partial charge is 0.334 e. The highest BCUT2D eigenvalue weighted by molar-refractivity contribution is 7.50. The number of carbonyl (C=O) groups excluding carboxylic acids is 1. The topological polar surface area (TPSA) is 83.8 Å². The van der Waals surface area contributed by atoms with Gasteiger partial charge in [-0.05, 0) is 28.3 Å². The Bertz CT molecular complexity index is 836. The van der Waals surface area contributed by atoms with Gasteiger partial charge in [0.1, 0.15) is 6.61 Å². The second kappa shape index (κ2) is 6.73. The Hall–Kier alpha value is -2.20. The quantitative estimate of drug-likeness (QED) is 0.643. The van der Waals surface area contributed by atoms with E-state index in [4.69, 9.17) is 14.5 Å². The minimum atomic E-state index is -4.10. The highest BCUT2D eigenvalue weighted by Gasteiger charge is 2.21. The van der Waals surface area contributed by atoms with E-state index in [-0.39, 0.29) is 18.7 Å². The summed E-state index contributed by atoms with van der Waals surface area (Å²) in [5.74, 6) is -0.369. The van der Waals surface area contributed by atoms with Crippen LogP contribution in [0.5, 0.6) is 0 Å². The van der Waals surface area contributed by atoms with Crippen molar-refractivity contribution in [3.05, 3.63) is 76.4 Å². The van der Waals surface area contributed by atoms with Crippen molar-refractivity contribution in [2.75, 3.05) is 0 Å².